The second kappa shape index (κ2) is 4.55. The van der Waals surface area contributed by atoms with Crippen molar-refractivity contribution >= 4 is 23.1 Å². The minimum absolute atomic E-state index is 0.0682. The fourth-order valence-electron chi connectivity index (χ4n) is 2.16. The average Bonchev–Trinajstić information content (AvgIpc) is 2.98. The Labute approximate surface area is 109 Å². The molecule has 5 nitrogen and oxygen atoms in total. The molecule has 0 saturated heterocycles. The van der Waals surface area contributed by atoms with Gasteiger partial charge in [0.2, 0.25) is 0 Å². The van der Waals surface area contributed by atoms with Crippen molar-refractivity contribution in [1.29, 1.82) is 0 Å². The number of anilines is 1. The summed E-state index contributed by atoms with van der Waals surface area (Å²) in [5.74, 6) is 0.733. The number of hydrogen-bond acceptors (Lipinski definition) is 4. The van der Waals surface area contributed by atoms with Crippen molar-refractivity contribution in [3.8, 4) is 0 Å². The molecule has 2 aromatic heterocycles. The first-order valence-electron chi connectivity index (χ1n) is 5.86. The summed E-state index contributed by atoms with van der Waals surface area (Å²) in [5, 5.41) is 12.6. The fraction of sp³-hybridized carbons (Fsp3) is 0.333. The molecule has 0 radical (unpaired) electrons. The van der Waals surface area contributed by atoms with E-state index in [4.69, 9.17) is 0 Å². The minimum Gasteiger partial charge on any atom is -0.312 e. The number of hydrogen-bond donors (Lipinski definition) is 2. The van der Waals surface area contributed by atoms with Crippen molar-refractivity contribution in [3.63, 3.8) is 0 Å². The molecular formula is C12H14N4OS. The highest BCUT2D eigenvalue weighted by molar-refractivity contribution is 7.12. The maximum atomic E-state index is 12.0. The molecule has 0 unspecified atom stereocenters. The molecule has 18 heavy (non-hydrogen) atoms. The Hall–Kier alpha value is -1.66. The van der Waals surface area contributed by atoms with Crippen LogP contribution in [0.2, 0.25) is 0 Å². The molecule has 1 aliphatic heterocycles. The standard InChI is InChI=1S/C12H14N4OS/c1-16-11(8-7-13-5-4-9(8)15-16)14-12(17)10-3-2-6-18-10/h2-3,6,13H,4-5,7H2,1H3,(H,14,17). The molecule has 0 aromatic carbocycles. The Morgan fingerprint density at radius 1 is 1.61 bits per heavy atom. The molecule has 6 heteroatoms. The summed E-state index contributed by atoms with van der Waals surface area (Å²) >= 11 is 1.44. The minimum atomic E-state index is -0.0682. The maximum Gasteiger partial charge on any atom is 0.266 e. The molecule has 0 aliphatic carbocycles. The van der Waals surface area contributed by atoms with Gasteiger partial charge in [0.15, 0.2) is 0 Å². The van der Waals surface area contributed by atoms with E-state index < -0.39 is 0 Å². The Kier molecular flexibility index (Phi) is 2.89. The summed E-state index contributed by atoms with van der Waals surface area (Å²) in [5.41, 5.74) is 2.19. The van der Waals surface area contributed by atoms with Crippen molar-refractivity contribution < 1.29 is 4.79 Å². The van der Waals surface area contributed by atoms with Gasteiger partial charge in [-0.25, -0.2) is 0 Å². The second-order valence-corrected chi connectivity index (χ2v) is 5.20. The van der Waals surface area contributed by atoms with Gasteiger partial charge in [-0.15, -0.1) is 11.3 Å². The van der Waals surface area contributed by atoms with Crippen LogP contribution in [0.25, 0.3) is 0 Å². The van der Waals surface area contributed by atoms with Crippen LogP contribution < -0.4 is 10.6 Å². The van der Waals surface area contributed by atoms with Crippen LogP contribution in [-0.4, -0.2) is 22.2 Å². The number of nitrogens with zero attached hydrogens (tertiary/aromatic N) is 2. The summed E-state index contributed by atoms with van der Waals surface area (Å²) in [6.45, 7) is 1.71. The van der Waals surface area contributed by atoms with Gasteiger partial charge in [-0.3, -0.25) is 9.48 Å². The average molecular weight is 262 g/mol. The van der Waals surface area contributed by atoms with E-state index in [9.17, 15) is 4.79 Å². The van der Waals surface area contributed by atoms with Crippen LogP contribution in [0.5, 0.6) is 0 Å². The van der Waals surface area contributed by atoms with Crippen LogP contribution >= 0.6 is 11.3 Å². The Balaban J connectivity index is 1.89. The summed E-state index contributed by atoms with van der Waals surface area (Å²) < 4.78 is 1.75. The SMILES string of the molecule is Cn1nc2c(c1NC(=O)c1cccs1)CNCC2. The van der Waals surface area contributed by atoms with Crippen molar-refractivity contribution in [2.45, 2.75) is 13.0 Å². The first kappa shape index (κ1) is 11.4. The molecule has 0 spiro atoms. The van der Waals surface area contributed by atoms with Crippen LogP contribution in [-0.2, 0) is 20.0 Å². The van der Waals surface area contributed by atoms with Crippen molar-refractivity contribution in [3.05, 3.63) is 33.6 Å². The zero-order valence-electron chi connectivity index (χ0n) is 10.1. The Morgan fingerprint density at radius 2 is 2.50 bits per heavy atom. The van der Waals surface area contributed by atoms with E-state index in [0.29, 0.717) is 4.88 Å². The Morgan fingerprint density at radius 3 is 3.28 bits per heavy atom. The molecule has 1 aliphatic rings. The highest BCUT2D eigenvalue weighted by atomic mass is 32.1. The predicted molar refractivity (Wildman–Crippen MR) is 70.9 cm³/mol. The third-order valence-corrected chi connectivity index (χ3v) is 3.91. The van der Waals surface area contributed by atoms with E-state index in [0.717, 1.165) is 36.6 Å². The van der Waals surface area contributed by atoms with E-state index in [1.807, 2.05) is 24.6 Å². The van der Waals surface area contributed by atoms with E-state index in [1.165, 1.54) is 11.3 Å². The lowest BCUT2D eigenvalue weighted by molar-refractivity contribution is 0.102. The van der Waals surface area contributed by atoms with E-state index in [1.54, 1.807) is 4.68 Å². The Bertz CT molecular complexity index is 573. The first-order chi connectivity index (χ1) is 8.75. The smallest absolute Gasteiger partial charge is 0.266 e. The number of fused-ring (bicyclic) bond motifs is 1. The predicted octanol–water partition coefficient (Wildman–Crippen LogP) is 1.38. The quantitative estimate of drug-likeness (QED) is 0.859. The number of rotatable bonds is 2. The number of aromatic nitrogens is 2. The number of amides is 1. The summed E-state index contributed by atoms with van der Waals surface area (Å²) in [7, 11) is 1.86. The summed E-state index contributed by atoms with van der Waals surface area (Å²) in [6, 6.07) is 3.70. The topological polar surface area (TPSA) is 59.0 Å². The van der Waals surface area contributed by atoms with Crippen LogP contribution in [0, 0.1) is 0 Å². The lowest BCUT2D eigenvalue weighted by Gasteiger charge is -2.13. The molecule has 2 aromatic rings. The molecular weight excluding hydrogens is 248 g/mol. The van der Waals surface area contributed by atoms with Crippen molar-refractivity contribution in [1.82, 2.24) is 15.1 Å². The van der Waals surface area contributed by atoms with Gasteiger partial charge in [-0.2, -0.15) is 5.10 Å². The van der Waals surface area contributed by atoms with Crippen molar-refractivity contribution in [2.75, 3.05) is 11.9 Å². The normalized spacial score (nSPS) is 14.3. The molecule has 0 bridgehead atoms. The fourth-order valence-corrected chi connectivity index (χ4v) is 2.78. The second-order valence-electron chi connectivity index (χ2n) is 4.26. The molecule has 1 amide bonds. The van der Waals surface area contributed by atoms with Crippen molar-refractivity contribution in [2.24, 2.45) is 7.05 Å². The monoisotopic (exact) mass is 262 g/mol. The van der Waals surface area contributed by atoms with E-state index in [2.05, 4.69) is 15.7 Å². The van der Waals surface area contributed by atoms with Gasteiger partial charge in [-0.05, 0) is 11.4 Å². The van der Waals surface area contributed by atoms with E-state index in [-0.39, 0.29) is 5.91 Å². The molecule has 2 N–H and O–H groups in total. The van der Waals surface area contributed by atoms with Gasteiger partial charge >= 0.3 is 0 Å². The molecule has 0 saturated carbocycles. The maximum absolute atomic E-state index is 12.0. The highest BCUT2D eigenvalue weighted by Gasteiger charge is 2.20. The first-order valence-corrected chi connectivity index (χ1v) is 6.74. The van der Waals surface area contributed by atoms with Crippen LogP contribution in [0.1, 0.15) is 20.9 Å². The number of aryl methyl sites for hydroxylation is 1. The summed E-state index contributed by atoms with van der Waals surface area (Å²) in [6.07, 6.45) is 0.915. The third-order valence-electron chi connectivity index (χ3n) is 3.05. The van der Waals surface area contributed by atoms with Crippen LogP contribution in [0.4, 0.5) is 5.82 Å². The highest BCUT2D eigenvalue weighted by Crippen LogP contribution is 2.23. The van der Waals surface area contributed by atoms with Gasteiger partial charge in [0.1, 0.15) is 5.82 Å². The number of carbonyl (C=O) groups excluding carboxylic acids is 1. The number of nitrogens with one attached hydrogen (secondary N) is 2. The molecule has 0 fully saturated rings. The zero-order valence-corrected chi connectivity index (χ0v) is 10.9. The van der Waals surface area contributed by atoms with E-state index >= 15 is 0 Å². The number of carbonyl (C=O) groups is 1. The molecule has 94 valence electrons. The summed E-state index contributed by atoms with van der Waals surface area (Å²) in [4.78, 5) is 12.8. The molecule has 0 atom stereocenters. The van der Waals surface area contributed by atoms with Gasteiger partial charge in [0.25, 0.3) is 5.91 Å². The zero-order chi connectivity index (χ0) is 12.5. The van der Waals surface area contributed by atoms with Gasteiger partial charge in [0.05, 0.1) is 10.6 Å². The lowest BCUT2D eigenvalue weighted by Crippen LogP contribution is -2.24. The largest absolute Gasteiger partial charge is 0.312 e. The third kappa shape index (κ3) is 1.93. The van der Waals surface area contributed by atoms with Gasteiger partial charge in [0, 0.05) is 32.1 Å². The molecule has 3 heterocycles. The van der Waals surface area contributed by atoms with Crippen LogP contribution in [0.3, 0.4) is 0 Å². The van der Waals surface area contributed by atoms with Gasteiger partial charge < -0.3 is 10.6 Å². The van der Waals surface area contributed by atoms with Gasteiger partial charge in [-0.1, -0.05) is 6.07 Å². The number of thiophene rings is 1. The molecule has 3 rings (SSSR count). The van der Waals surface area contributed by atoms with Crippen LogP contribution in [0.15, 0.2) is 17.5 Å². The lowest BCUT2D eigenvalue weighted by atomic mass is 10.1.